The maximum atomic E-state index is 13.5. The minimum absolute atomic E-state index is 0.263. The highest BCUT2D eigenvalue weighted by Crippen LogP contribution is 2.23. The molecule has 0 saturated carbocycles. The van der Waals surface area contributed by atoms with Gasteiger partial charge in [0.1, 0.15) is 11.6 Å². The van der Waals surface area contributed by atoms with Crippen LogP contribution in [-0.2, 0) is 0 Å². The number of hydrogen-bond donors (Lipinski definition) is 2. The largest absolute Gasteiger partial charge is 0.497 e. The number of benzene rings is 2. The van der Waals surface area contributed by atoms with E-state index in [1.165, 1.54) is 12.1 Å². The summed E-state index contributed by atoms with van der Waals surface area (Å²) in [7, 11) is 1.57. The lowest BCUT2D eigenvalue weighted by molar-refractivity contribution is 0.0992. The van der Waals surface area contributed by atoms with E-state index in [-0.39, 0.29) is 11.3 Å². The Morgan fingerprint density at radius 1 is 1.12 bits per heavy atom. The predicted octanol–water partition coefficient (Wildman–Crippen LogP) is 3.04. The summed E-state index contributed by atoms with van der Waals surface area (Å²) in [6.07, 6.45) is 0. The number of pyridine rings is 1. The number of fused-ring (bicyclic) bond motifs is 1. The van der Waals surface area contributed by atoms with E-state index in [0.717, 1.165) is 11.5 Å². The Morgan fingerprint density at radius 2 is 1.88 bits per heavy atom. The monoisotopic (exact) mass is 353 g/mol. The first-order valence-corrected chi connectivity index (χ1v) is 7.75. The first-order valence-electron chi connectivity index (χ1n) is 7.75. The number of carbonyl (C=O) groups is 2. The number of rotatable bonds is 4. The van der Waals surface area contributed by atoms with Gasteiger partial charge in [0.15, 0.2) is 0 Å². The van der Waals surface area contributed by atoms with Gasteiger partial charge in [-0.1, -0.05) is 0 Å². The number of carbonyl (C=O) groups excluding carboxylic acids is 2. The van der Waals surface area contributed by atoms with Crippen LogP contribution in [-0.4, -0.2) is 23.9 Å². The Morgan fingerprint density at radius 3 is 2.58 bits per heavy atom. The van der Waals surface area contributed by atoms with Gasteiger partial charge in [0, 0.05) is 17.1 Å². The summed E-state index contributed by atoms with van der Waals surface area (Å²) in [6.45, 7) is 1.72. The Labute approximate surface area is 148 Å². The SMILES string of the molecule is COc1ccc2cc(C(=O)Nc3ccc(F)c(C(N)=O)c3)c(C)nc2c1. The van der Waals surface area contributed by atoms with Crippen molar-refractivity contribution in [3.8, 4) is 5.75 Å². The topological polar surface area (TPSA) is 94.3 Å². The van der Waals surface area contributed by atoms with Gasteiger partial charge in [-0.2, -0.15) is 0 Å². The molecule has 3 aromatic rings. The van der Waals surface area contributed by atoms with E-state index in [4.69, 9.17) is 10.5 Å². The predicted molar refractivity (Wildman–Crippen MR) is 95.9 cm³/mol. The second kappa shape index (κ2) is 6.79. The number of nitrogens with one attached hydrogen (secondary N) is 1. The number of anilines is 1. The molecular formula is C19H16FN3O3. The first kappa shape index (κ1) is 17.3. The number of aromatic nitrogens is 1. The third-order valence-corrected chi connectivity index (χ3v) is 3.95. The smallest absolute Gasteiger partial charge is 0.257 e. The molecule has 0 aliphatic rings. The average molecular weight is 353 g/mol. The normalized spacial score (nSPS) is 10.6. The highest BCUT2D eigenvalue weighted by Gasteiger charge is 2.15. The van der Waals surface area contributed by atoms with Gasteiger partial charge in [-0.15, -0.1) is 0 Å². The Balaban J connectivity index is 1.94. The molecule has 0 spiro atoms. The van der Waals surface area contributed by atoms with Gasteiger partial charge >= 0.3 is 0 Å². The fourth-order valence-corrected chi connectivity index (χ4v) is 2.59. The van der Waals surface area contributed by atoms with E-state index < -0.39 is 17.6 Å². The molecule has 132 valence electrons. The molecule has 0 fully saturated rings. The summed E-state index contributed by atoms with van der Waals surface area (Å²) in [5, 5.41) is 3.41. The lowest BCUT2D eigenvalue weighted by Crippen LogP contribution is -2.17. The van der Waals surface area contributed by atoms with Gasteiger partial charge in [0.05, 0.1) is 29.4 Å². The van der Waals surface area contributed by atoms with Crippen LogP contribution in [0, 0.1) is 12.7 Å². The highest BCUT2D eigenvalue weighted by atomic mass is 19.1. The zero-order chi connectivity index (χ0) is 18.8. The lowest BCUT2D eigenvalue weighted by Gasteiger charge is -2.10. The van der Waals surface area contributed by atoms with Crippen LogP contribution in [0.25, 0.3) is 10.9 Å². The van der Waals surface area contributed by atoms with Crippen LogP contribution in [0.5, 0.6) is 5.75 Å². The van der Waals surface area contributed by atoms with E-state index in [1.54, 1.807) is 38.3 Å². The van der Waals surface area contributed by atoms with Crippen molar-refractivity contribution in [2.45, 2.75) is 6.92 Å². The summed E-state index contributed by atoms with van der Waals surface area (Å²) in [4.78, 5) is 28.2. The number of methoxy groups -OCH3 is 1. The van der Waals surface area contributed by atoms with Crippen molar-refractivity contribution in [3.05, 3.63) is 65.1 Å². The van der Waals surface area contributed by atoms with Crippen LogP contribution >= 0.6 is 0 Å². The van der Waals surface area contributed by atoms with Gasteiger partial charge < -0.3 is 15.8 Å². The first-order chi connectivity index (χ1) is 12.4. The van der Waals surface area contributed by atoms with Gasteiger partial charge in [-0.3, -0.25) is 14.6 Å². The summed E-state index contributed by atoms with van der Waals surface area (Å²) >= 11 is 0. The molecule has 3 rings (SSSR count). The number of aryl methyl sites for hydroxylation is 1. The van der Waals surface area contributed by atoms with E-state index >= 15 is 0 Å². The molecule has 1 heterocycles. The fourth-order valence-electron chi connectivity index (χ4n) is 2.59. The van der Waals surface area contributed by atoms with Crippen LogP contribution in [0.2, 0.25) is 0 Å². The Bertz CT molecular complexity index is 1030. The molecule has 1 aromatic heterocycles. The molecule has 0 aliphatic heterocycles. The molecule has 2 aromatic carbocycles. The van der Waals surface area contributed by atoms with Crippen molar-refractivity contribution in [1.82, 2.24) is 4.98 Å². The third kappa shape index (κ3) is 3.32. The summed E-state index contributed by atoms with van der Waals surface area (Å²) in [5.74, 6) is -1.40. The van der Waals surface area contributed by atoms with E-state index in [1.807, 2.05) is 0 Å². The van der Waals surface area contributed by atoms with Crippen LogP contribution in [0.1, 0.15) is 26.4 Å². The van der Waals surface area contributed by atoms with E-state index in [9.17, 15) is 14.0 Å². The van der Waals surface area contributed by atoms with Gasteiger partial charge in [-0.05, 0) is 43.3 Å². The third-order valence-electron chi connectivity index (χ3n) is 3.95. The van der Waals surface area contributed by atoms with Gasteiger partial charge in [0.2, 0.25) is 0 Å². The molecular weight excluding hydrogens is 337 g/mol. The van der Waals surface area contributed by atoms with Crippen molar-refractivity contribution in [1.29, 1.82) is 0 Å². The Hall–Kier alpha value is -3.48. The molecule has 0 atom stereocenters. The number of amides is 2. The number of primary amides is 1. The van der Waals surface area contributed by atoms with Crippen molar-refractivity contribution >= 4 is 28.4 Å². The zero-order valence-electron chi connectivity index (χ0n) is 14.2. The van der Waals surface area contributed by atoms with Crippen LogP contribution in [0.4, 0.5) is 10.1 Å². The number of nitrogens with two attached hydrogens (primary N) is 1. The minimum Gasteiger partial charge on any atom is -0.497 e. The lowest BCUT2D eigenvalue weighted by atomic mass is 10.1. The van der Waals surface area contributed by atoms with Crippen LogP contribution < -0.4 is 15.8 Å². The van der Waals surface area contributed by atoms with Gasteiger partial charge in [0.25, 0.3) is 11.8 Å². The van der Waals surface area contributed by atoms with Crippen LogP contribution in [0.15, 0.2) is 42.5 Å². The molecule has 0 radical (unpaired) electrons. The Kier molecular flexibility index (Phi) is 4.53. The summed E-state index contributed by atoms with van der Waals surface area (Å²) in [5.41, 5.74) is 6.70. The van der Waals surface area contributed by atoms with E-state index in [2.05, 4.69) is 10.3 Å². The van der Waals surface area contributed by atoms with Crippen molar-refractivity contribution in [3.63, 3.8) is 0 Å². The van der Waals surface area contributed by atoms with Crippen molar-refractivity contribution in [2.75, 3.05) is 12.4 Å². The molecule has 26 heavy (non-hydrogen) atoms. The molecule has 0 aliphatic carbocycles. The number of hydrogen-bond acceptors (Lipinski definition) is 4. The number of nitrogens with zero attached hydrogens (tertiary/aromatic N) is 1. The second-order valence-corrected chi connectivity index (χ2v) is 5.69. The van der Waals surface area contributed by atoms with E-state index in [0.29, 0.717) is 22.5 Å². The number of ether oxygens (including phenoxy) is 1. The average Bonchev–Trinajstić information content (AvgIpc) is 2.61. The molecule has 0 unspecified atom stereocenters. The molecule has 0 bridgehead atoms. The van der Waals surface area contributed by atoms with Crippen molar-refractivity contribution < 1.29 is 18.7 Å². The molecule has 3 N–H and O–H groups in total. The molecule has 0 saturated heterocycles. The minimum atomic E-state index is -0.906. The highest BCUT2D eigenvalue weighted by molar-refractivity contribution is 6.07. The van der Waals surface area contributed by atoms with Crippen LogP contribution in [0.3, 0.4) is 0 Å². The maximum Gasteiger partial charge on any atom is 0.257 e. The molecule has 2 amide bonds. The quantitative estimate of drug-likeness (QED) is 0.754. The maximum absolute atomic E-state index is 13.5. The second-order valence-electron chi connectivity index (χ2n) is 5.69. The summed E-state index contributed by atoms with van der Waals surface area (Å²) in [6, 6.07) is 10.7. The molecule has 7 heteroatoms. The summed E-state index contributed by atoms with van der Waals surface area (Å²) < 4.78 is 18.7. The molecule has 6 nitrogen and oxygen atoms in total. The zero-order valence-corrected chi connectivity index (χ0v) is 14.2. The fraction of sp³-hybridized carbons (Fsp3) is 0.105. The number of halogens is 1. The van der Waals surface area contributed by atoms with Crippen molar-refractivity contribution in [2.24, 2.45) is 5.73 Å². The van der Waals surface area contributed by atoms with Gasteiger partial charge in [-0.25, -0.2) is 4.39 Å². The standard InChI is InChI=1S/C19H16FN3O3/c1-10-14(7-11-3-5-13(26-2)9-17(11)22-10)19(25)23-12-4-6-16(20)15(8-12)18(21)24/h3-9H,1-2H3,(H2,21,24)(H,23,25).